The molecule has 2 heterocycles. The third kappa shape index (κ3) is 0.801. The summed E-state index contributed by atoms with van der Waals surface area (Å²) in [4.78, 5) is 3.95. The zero-order chi connectivity index (χ0) is 6.81. The van der Waals surface area contributed by atoms with Crippen LogP contribution in [0.5, 0.6) is 0 Å². The molecule has 0 unspecified atom stereocenters. The summed E-state index contributed by atoms with van der Waals surface area (Å²) in [6.07, 6.45) is 3.27. The molecular weight excluding hydrogens is 148 g/mol. The summed E-state index contributed by atoms with van der Waals surface area (Å²) in [5.41, 5.74) is 0.745. The fourth-order valence-electron chi connectivity index (χ4n) is 0.636. The smallest absolute Gasteiger partial charge is 0.181 e. The average Bonchev–Trinajstić information content (AvgIpc) is 2.59. The number of aliphatic imine (C=N–C) groups is 1. The quantitative estimate of drug-likeness (QED) is 0.582. The first-order chi connectivity index (χ1) is 4.97. The molecule has 0 aromatic carbocycles. The van der Waals surface area contributed by atoms with E-state index in [2.05, 4.69) is 19.9 Å². The predicted octanol–water partition coefficient (Wildman–Crippen LogP) is 0.374. The Kier molecular flexibility index (Phi) is 1.21. The third-order valence-corrected chi connectivity index (χ3v) is 1.55. The molecule has 0 bridgehead atoms. The first-order valence-electron chi connectivity index (χ1n) is 2.68. The van der Waals surface area contributed by atoms with Crippen LogP contribution >= 0.6 is 11.5 Å². The lowest BCUT2D eigenvalue weighted by Crippen LogP contribution is -2.07. The molecule has 0 saturated heterocycles. The van der Waals surface area contributed by atoms with E-state index in [9.17, 15) is 0 Å². The Balaban J connectivity index is 2.30. The Hall–Kier alpha value is -1.23. The molecule has 4 nitrogen and oxygen atoms in total. The van der Waals surface area contributed by atoms with E-state index in [1.165, 1.54) is 11.5 Å². The number of aromatic nitrogens is 2. The van der Waals surface area contributed by atoms with Gasteiger partial charge in [0.2, 0.25) is 0 Å². The fraction of sp³-hybridized carbons (Fsp3) is 0. The molecule has 1 aliphatic rings. The van der Waals surface area contributed by atoms with Gasteiger partial charge in [-0.05, 0) is 11.5 Å². The highest BCUT2D eigenvalue weighted by Gasteiger charge is 2.07. The molecule has 1 aromatic rings. The van der Waals surface area contributed by atoms with Crippen LogP contribution in [0.25, 0.3) is 0 Å². The standard InChI is InChI=1S/C5H3N4S/c1-2-7-5(6-1)4-3-10-9-8-4/h1-3H. The van der Waals surface area contributed by atoms with Gasteiger partial charge < -0.3 is 0 Å². The minimum Gasteiger partial charge on any atom is -0.234 e. The summed E-state index contributed by atoms with van der Waals surface area (Å²) in [5.74, 6) is 0.647. The molecule has 1 aromatic heterocycles. The van der Waals surface area contributed by atoms with Gasteiger partial charge in [0.15, 0.2) is 5.84 Å². The lowest BCUT2D eigenvalue weighted by Gasteiger charge is -1.88. The van der Waals surface area contributed by atoms with Crippen LogP contribution in [0, 0.1) is 0 Å². The van der Waals surface area contributed by atoms with Crippen LogP contribution in [-0.2, 0) is 0 Å². The Labute approximate surface area is 61.5 Å². The highest BCUT2D eigenvalue weighted by atomic mass is 32.1. The normalized spacial score (nSPS) is 15.0. The van der Waals surface area contributed by atoms with Crippen molar-refractivity contribution in [2.75, 3.05) is 0 Å². The molecule has 0 atom stereocenters. The fourth-order valence-corrected chi connectivity index (χ4v) is 1.07. The van der Waals surface area contributed by atoms with Crippen molar-refractivity contribution in [1.29, 1.82) is 0 Å². The van der Waals surface area contributed by atoms with E-state index in [0.717, 1.165) is 5.69 Å². The Morgan fingerprint density at radius 3 is 2.90 bits per heavy atom. The van der Waals surface area contributed by atoms with Crippen LogP contribution in [-0.4, -0.2) is 15.4 Å². The van der Waals surface area contributed by atoms with Gasteiger partial charge in [0, 0.05) is 17.8 Å². The monoisotopic (exact) mass is 151 g/mol. The molecule has 0 aliphatic carbocycles. The molecule has 5 heteroatoms. The molecule has 0 amide bonds. The van der Waals surface area contributed by atoms with E-state index < -0.39 is 0 Å². The second-order valence-electron chi connectivity index (χ2n) is 1.67. The molecule has 0 fully saturated rings. The predicted molar refractivity (Wildman–Crippen MR) is 37.7 cm³/mol. The Morgan fingerprint density at radius 1 is 1.30 bits per heavy atom. The van der Waals surface area contributed by atoms with Gasteiger partial charge in [0.25, 0.3) is 0 Å². The van der Waals surface area contributed by atoms with Crippen LogP contribution in [0.1, 0.15) is 5.69 Å². The van der Waals surface area contributed by atoms with Crippen molar-refractivity contribution in [3.63, 3.8) is 0 Å². The van der Waals surface area contributed by atoms with E-state index >= 15 is 0 Å². The molecule has 2 rings (SSSR count). The van der Waals surface area contributed by atoms with Crippen molar-refractivity contribution in [2.24, 2.45) is 4.99 Å². The van der Waals surface area contributed by atoms with Crippen molar-refractivity contribution in [2.45, 2.75) is 0 Å². The summed E-state index contributed by atoms with van der Waals surface area (Å²) in [5, 5.41) is 9.57. The molecule has 0 saturated carbocycles. The highest BCUT2D eigenvalue weighted by Crippen LogP contribution is 2.02. The lowest BCUT2D eigenvalue weighted by molar-refractivity contribution is 1.12. The topological polar surface area (TPSA) is 52.2 Å². The van der Waals surface area contributed by atoms with Gasteiger partial charge in [-0.1, -0.05) is 4.49 Å². The SMILES string of the molecule is C1=CN=C(c2csnn2)[N]1. The van der Waals surface area contributed by atoms with E-state index in [0.29, 0.717) is 5.84 Å². The number of hydrogen-bond donors (Lipinski definition) is 0. The van der Waals surface area contributed by atoms with Gasteiger partial charge in [0.1, 0.15) is 5.69 Å². The molecule has 1 radical (unpaired) electrons. The molecular formula is C5H3N4S. The zero-order valence-corrected chi connectivity index (χ0v) is 5.75. The molecule has 1 aliphatic heterocycles. The summed E-state index contributed by atoms with van der Waals surface area (Å²) in [7, 11) is 0. The minimum absolute atomic E-state index is 0.647. The second kappa shape index (κ2) is 2.18. The van der Waals surface area contributed by atoms with Crippen molar-refractivity contribution in [3.8, 4) is 0 Å². The molecule has 0 N–H and O–H groups in total. The number of amidine groups is 1. The van der Waals surface area contributed by atoms with Crippen molar-refractivity contribution in [3.05, 3.63) is 23.5 Å². The maximum Gasteiger partial charge on any atom is 0.181 e. The van der Waals surface area contributed by atoms with Crippen LogP contribution in [0.2, 0.25) is 0 Å². The summed E-state index contributed by atoms with van der Waals surface area (Å²) >= 11 is 1.30. The average molecular weight is 151 g/mol. The van der Waals surface area contributed by atoms with Crippen LogP contribution in [0.4, 0.5) is 0 Å². The van der Waals surface area contributed by atoms with Gasteiger partial charge in [-0.15, -0.1) is 5.10 Å². The van der Waals surface area contributed by atoms with E-state index in [-0.39, 0.29) is 0 Å². The van der Waals surface area contributed by atoms with Gasteiger partial charge >= 0.3 is 0 Å². The highest BCUT2D eigenvalue weighted by molar-refractivity contribution is 7.03. The van der Waals surface area contributed by atoms with Crippen molar-refractivity contribution >= 4 is 17.4 Å². The summed E-state index contributed by atoms with van der Waals surface area (Å²) in [6, 6.07) is 0. The first kappa shape index (κ1) is 5.55. The minimum atomic E-state index is 0.647. The lowest BCUT2D eigenvalue weighted by atomic mass is 10.5. The van der Waals surface area contributed by atoms with Crippen molar-refractivity contribution < 1.29 is 0 Å². The second-order valence-corrected chi connectivity index (χ2v) is 2.28. The van der Waals surface area contributed by atoms with Crippen molar-refractivity contribution in [1.82, 2.24) is 14.9 Å². The van der Waals surface area contributed by atoms with Crippen LogP contribution in [0.15, 0.2) is 22.8 Å². The van der Waals surface area contributed by atoms with Crippen LogP contribution < -0.4 is 5.32 Å². The maximum atomic E-state index is 3.95. The van der Waals surface area contributed by atoms with E-state index in [1.807, 2.05) is 5.38 Å². The molecule has 10 heavy (non-hydrogen) atoms. The maximum absolute atomic E-state index is 3.95. The Morgan fingerprint density at radius 2 is 2.30 bits per heavy atom. The first-order valence-corrected chi connectivity index (χ1v) is 3.51. The molecule has 49 valence electrons. The number of nitrogens with zero attached hydrogens (tertiary/aromatic N) is 4. The molecule has 0 spiro atoms. The number of rotatable bonds is 1. The largest absolute Gasteiger partial charge is 0.234 e. The summed E-state index contributed by atoms with van der Waals surface area (Å²) < 4.78 is 3.69. The summed E-state index contributed by atoms with van der Waals surface area (Å²) in [6.45, 7) is 0. The Bertz CT molecular complexity index is 274. The number of hydrogen-bond acceptors (Lipinski definition) is 4. The van der Waals surface area contributed by atoms with Crippen LogP contribution in [0.3, 0.4) is 0 Å². The zero-order valence-electron chi connectivity index (χ0n) is 4.93. The van der Waals surface area contributed by atoms with E-state index in [4.69, 9.17) is 0 Å². The van der Waals surface area contributed by atoms with Gasteiger partial charge in [-0.25, -0.2) is 10.3 Å². The van der Waals surface area contributed by atoms with Gasteiger partial charge in [-0.2, -0.15) is 0 Å². The van der Waals surface area contributed by atoms with Gasteiger partial charge in [-0.3, -0.25) is 0 Å². The van der Waals surface area contributed by atoms with Gasteiger partial charge in [0.05, 0.1) is 0 Å². The van der Waals surface area contributed by atoms with E-state index in [1.54, 1.807) is 12.4 Å². The third-order valence-electron chi connectivity index (χ3n) is 1.05.